The van der Waals surface area contributed by atoms with Gasteiger partial charge in [0.1, 0.15) is 5.69 Å². The summed E-state index contributed by atoms with van der Waals surface area (Å²) in [5.41, 5.74) is 0.319. The first-order valence-corrected chi connectivity index (χ1v) is 6.99. The van der Waals surface area contributed by atoms with Gasteiger partial charge in [-0.2, -0.15) is 0 Å². The molecule has 0 bridgehead atoms. The van der Waals surface area contributed by atoms with Crippen molar-refractivity contribution in [3.8, 4) is 0 Å². The molecule has 1 heterocycles. The van der Waals surface area contributed by atoms with Crippen LogP contribution in [0.25, 0.3) is 0 Å². The summed E-state index contributed by atoms with van der Waals surface area (Å²) in [5.74, 6) is 0. The second-order valence-electron chi connectivity index (χ2n) is 3.77. The van der Waals surface area contributed by atoms with Gasteiger partial charge in [0, 0.05) is 28.0 Å². The monoisotopic (exact) mass is 357 g/mol. The largest absolute Gasteiger partial charge is 0.375 e. The smallest absolute Gasteiger partial charge is 0.324 e. The van der Waals surface area contributed by atoms with E-state index in [9.17, 15) is 20.2 Å². The molecule has 0 atom stereocenters. The summed E-state index contributed by atoms with van der Waals surface area (Å²) < 4.78 is 0.613. The third kappa shape index (κ3) is 3.31. The van der Waals surface area contributed by atoms with Crippen molar-refractivity contribution in [3.63, 3.8) is 0 Å². The normalized spacial score (nSPS) is 10.2. The minimum Gasteiger partial charge on any atom is -0.375 e. The van der Waals surface area contributed by atoms with Crippen LogP contribution in [0, 0.1) is 20.2 Å². The third-order valence-electron chi connectivity index (χ3n) is 2.44. The van der Waals surface area contributed by atoms with Crippen molar-refractivity contribution in [1.29, 1.82) is 0 Å². The van der Waals surface area contributed by atoms with E-state index >= 15 is 0 Å². The van der Waals surface area contributed by atoms with Gasteiger partial charge in [0.2, 0.25) is 0 Å². The summed E-state index contributed by atoms with van der Waals surface area (Å²) >= 11 is 4.21. The number of nitrogens with one attached hydrogen (secondary N) is 1. The summed E-state index contributed by atoms with van der Waals surface area (Å²) in [5, 5.41) is 24.5. The minimum atomic E-state index is -0.482. The lowest BCUT2D eigenvalue weighted by molar-refractivity contribution is -0.384. The van der Waals surface area contributed by atoms with E-state index in [0.717, 1.165) is 16.2 Å². The number of anilines is 1. The van der Waals surface area contributed by atoms with E-state index in [2.05, 4.69) is 21.2 Å². The first-order chi connectivity index (χ1) is 9.47. The van der Waals surface area contributed by atoms with E-state index in [-0.39, 0.29) is 10.7 Å². The second-order valence-corrected chi connectivity index (χ2v) is 5.83. The quantitative estimate of drug-likeness (QED) is 0.645. The second kappa shape index (κ2) is 5.97. The molecule has 0 amide bonds. The van der Waals surface area contributed by atoms with E-state index in [1.807, 2.05) is 0 Å². The molecule has 9 heteroatoms. The fourth-order valence-electron chi connectivity index (χ4n) is 1.55. The van der Waals surface area contributed by atoms with E-state index in [0.29, 0.717) is 16.7 Å². The molecular weight excluding hydrogens is 350 g/mol. The zero-order valence-corrected chi connectivity index (χ0v) is 12.3. The molecule has 20 heavy (non-hydrogen) atoms. The average molecular weight is 358 g/mol. The number of nitro groups is 2. The molecule has 0 aliphatic carbocycles. The average Bonchev–Trinajstić information content (AvgIpc) is 2.86. The molecule has 104 valence electrons. The molecule has 1 N–H and O–H groups in total. The lowest BCUT2D eigenvalue weighted by atomic mass is 10.2. The molecule has 0 saturated carbocycles. The van der Waals surface area contributed by atoms with Gasteiger partial charge in [-0.15, -0.1) is 0 Å². The third-order valence-corrected chi connectivity index (χ3v) is 3.97. The Bertz CT molecular complexity index is 673. The van der Waals surface area contributed by atoms with Crippen LogP contribution < -0.4 is 5.32 Å². The van der Waals surface area contributed by atoms with Crippen molar-refractivity contribution in [3.05, 3.63) is 59.9 Å². The Kier molecular flexibility index (Phi) is 4.30. The van der Waals surface area contributed by atoms with Crippen LogP contribution in [0.2, 0.25) is 0 Å². The van der Waals surface area contributed by atoms with Gasteiger partial charge >= 0.3 is 5.00 Å². The predicted octanol–water partition coefficient (Wildman–Crippen LogP) is 3.94. The Morgan fingerprint density at radius 3 is 2.50 bits per heavy atom. The summed E-state index contributed by atoms with van der Waals surface area (Å²) in [6.45, 7) is 0.293. The van der Waals surface area contributed by atoms with E-state index < -0.39 is 9.85 Å². The molecule has 0 aliphatic heterocycles. The highest BCUT2D eigenvalue weighted by Crippen LogP contribution is 2.30. The van der Waals surface area contributed by atoms with Crippen molar-refractivity contribution in [2.45, 2.75) is 6.54 Å². The van der Waals surface area contributed by atoms with Crippen LogP contribution in [0.15, 0.2) is 34.8 Å². The fraction of sp³-hybridized carbons (Fsp3) is 0.0909. The number of thiophene rings is 1. The van der Waals surface area contributed by atoms with Crippen molar-refractivity contribution in [1.82, 2.24) is 0 Å². The topological polar surface area (TPSA) is 98.3 Å². The molecule has 0 fully saturated rings. The van der Waals surface area contributed by atoms with E-state index in [1.165, 1.54) is 12.1 Å². The van der Waals surface area contributed by atoms with Gasteiger partial charge in [-0.3, -0.25) is 20.2 Å². The summed E-state index contributed by atoms with van der Waals surface area (Å²) in [4.78, 5) is 21.3. The highest BCUT2D eigenvalue weighted by atomic mass is 79.9. The molecule has 1 aromatic carbocycles. The lowest BCUT2D eigenvalue weighted by Gasteiger charge is -2.05. The van der Waals surface area contributed by atoms with Crippen molar-refractivity contribution >= 4 is 43.6 Å². The van der Waals surface area contributed by atoms with Crippen LogP contribution in [-0.4, -0.2) is 9.85 Å². The summed E-state index contributed by atoms with van der Waals surface area (Å²) in [7, 11) is 0. The Morgan fingerprint density at radius 2 is 1.90 bits per heavy atom. The SMILES string of the molecule is O=[N+]([O-])c1ccc(CNc2ccc(Br)cc2[N+](=O)[O-])s1. The van der Waals surface area contributed by atoms with Crippen LogP contribution in [0.5, 0.6) is 0 Å². The highest BCUT2D eigenvalue weighted by Gasteiger charge is 2.15. The molecule has 0 spiro atoms. The Labute approximate surface area is 125 Å². The van der Waals surface area contributed by atoms with Gasteiger partial charge in [0.15, 0.2) is 0 Å². The molecular formula is C11H8BrN3O4S. The van der Waals surface area contributed by atoms with Gasteiger partial charge in [-0.25, -0.2) is 0 Å². The number of nitro benzene ring substituents is 1. The van der Waals surface area contributed by atoms with Crippen molar-refractivity contribution in [2.24, 2.45) is 0 Å². The number of hydrogen-bond donors (Lipinski definition) is 1. The molecule has 1 aromatic heterocycles. The van der Waals surface area contributed by atoms with E-state index in [1.54, 1.807) is 18.2 Å². The van der Waals surface area contributed by atoms with Gasteiger partial charge in [0.05, 0.1) is 9.85 Å². The Hall–Kier alpha value is -2.00. The standard InChI is InChI=1S/C11H8BrN3O4S/c12-7-1-3-9(10(5-7)14(16)17)13-6-8-2-4-11(20-8)15(18)19/h1-5,13H,6H2. The van der Waals surface area contributed by atoms with Crippen LogP contribution in [-0.2, 0) is 6.54 Å². The maximum Gasteiger partial charge on any atom is 0.324 e. The molecule has 2 rings (SSSR count). The van der Waals surface area contributed by atoms with Gasteiger partial charge in [0.25, 0.3) is 5.69 Å². The number of hydrogen-bond acceptors (Lipinski definition) is 6. The Balaban J connectivity index is 2.14. The van der Waals surface area contributed by atoms with Crippen LogP contribution in [0.3, 0.4) is 0 Å². The molecule has 7 nitrogen and oxygen atoms in total. The summed E-state index contributed by atoms with van der Waals surface area (Å²) in [6, 6.07) is 7.72. The lowest BCUT2D eigenvalue weighted by Crippen LogP contribution is -2.01. The first-order valence-electron chi connectivity index (χ1n) is 5.38. The zero-order chi connectivity index (χ0) is 14.7. The summed E-state index contributed by atoms with van der Waals surface area (Å²) in [6.07, 6.45) is 0. The van der Waals surface area contributed by atoms with Crippen LogP contribution in [0.4, 0.5) is 16.4 Å². The zero-order valence-electron chi connectivity index (χ0n) is 9.91. The Morgan fingerprint density at radius 1 is 1.15 bits per heavy atom. The highest BCUT2D eigenvalue weighted by molar-refractivity contribution is 9.10. The van der Waals surface area contributed by atoms with E-state index in [4.69, 9.17) is 0 Å². The van der Waals surface area contributed by atoms with Crippen LogP contribution in [0.1, 0.15) is 4.88 Å². The molecule has 2 aromatic rings. The minimum absolute atomic E-state index is 0.0482. The maximum absolute atomic E-state index is 10.9. The number of rotatable bonds is 5. The molecule has 0 saturated heterocycles. The predicted molar refractivity (Wildman–Crippen MR) is 79.1 cm³/mol. The molecule has 0 unspecified atom stereocenters. The number of nitrogens with zero attached hydrogens (tertiary/aromatic N) is 2. The number of benzene rings is 1. The molecule has 0 aliphatic rings. The van der Waals surface area contributed by atoms with Gasteiger partial charge < -0.3 is 5.32 Å². The van der Waals surface area contributed by atoms with Gasteiger partial charge in [-0.05, 0) is 18.2 Å². The van der Waals surface area contributed by atoms with Gasteiger partial charge in [-0.1, -0.05) is 27.3 Å². The van der Waals surface area contributed by atoms with Crippen molar-refractivity contribution < 1.29 is 9.85 Å². The molecule has 0 radical (unpaired) electrons. The maximum atomic E-state index is 10.9. The van der Waals surface area contributed by atoms with Crippen molar-refractivity contribution in [2.75, 3.05) is 5.32 Å². The van der Waals surface area contributed by atoms with Crippen LogP contribution >= 0.6 is 27.3 Å². The fourth-order valence-corrected chi connectivity index (χ4v) is 2.66. The number of halogens is 1. The first kappa shape index (κ1) is 14.4.